The number of likely N-dealkylation sites (N-methyl/N-ethyl adjacent to an activating group) is 1. The van der Waals surface area contributed by atoms with Gasteiger partial charge in [0.15, 0.2) is 5.69 Å². The summed E-state index contributed by atoms with van der Waals surface area (Å²) < 4.78 is 7.95. The van der Waals surface area contributed by atoms with Crippen LogP contribution in [0.3, 0.4) is 0 Å². The highest BCUT2D eigenvalue weighted by molar-refractivity contribution is 6.32. The van der Waals surface area contributed by atoms with Gasteiger partial charge in [0.05, 0.1) is 37.4 Å². The quantitative estimate of drug-likeness (QED) is 0.0846. The summed E-state index contributed by atoms with van der Waals surface area (Å²) in [6.07, 6.45) is 6.09. The average molecular weight is 757 g/mol. The average Bonchev–Trinajstić information content (AvgIpc) is 3.29. The molecule has 0 bridgehead atoms. The highest BCUT2D eigenvalue weighted by atomic mass is 79.9. The van der Waals surface area contributed by atoms with E-state index in [1.54, 1.807) is 55.1 Å². The molecule has 5 aromatic rings. The van der Waals surface area contributed by atoms with Gasteiger partial charge in [-0.3, -0.25) is 4.79 Å². The molecular weight excluding hydrogens is 725 g/mol. The van der Waals surface area contributed by atoms with Crippen LogP contribution in [0.25, 0.3) is 10.9 Å². The van der Waals surface area contributed by atoms with Crippen molar-refractivity contribution in [2.24, 2.45) is 7.05 Å². The van der Waals surface area contributed by atoms with Gasteiger partial charge in [0.25, 0.3) is 0 Å². The molecule has 0 aliphatic heterocycles. The molecule has 13 nitrogen and oxygen atoms in total. The smallest absolute Gasteiger partial charge is 0.391 e. The van der Waals surface area contributed by atoms with Crippen LogP contribution in [0, 0.1) is 17.0 Å². The second kappa shape index (κ2) is 15.5. The first-order chi connectivity index (χ1) is 22.4. The Kier molecular flexibility index (Phi) is 11.7. The largest absolute Gasteiger partial charge is 1.00 e. The number of rotatable bonds is 12. The molecule has 1 amide bonds. The van der Waals surface area contributed by atoms with Crippen molar-refractivity contribution in [3.05, 3.63) is 110 Å². The van der Waals surface area contributed by atoms with Crippen LogP contribution in [0.2, 0.25) is 10.0 Å². The zero-order chi connectivity index (χ0) is 33.7. The topological polar surface area (TPSA) is 150 Å². The van der Waals surface area contributed by atoms with Crippen molar-refractivity contribution in [2.45, 2.75) is 20.1 Å². The number of pyridine rings is 1. The number of ether oxygens (including phenoxy) is 1. The predicted molar refractivity (Wildman–Crippen MR) is 181 cm³/mol. The Morgan fingerprint density at radius 2 is 1.92 bits per heavy atom. The van der Waals surface area contributed by atoms with E-state index in [0.717, 1.165) is 5.56 Å². The Labute approximate surface area is 297 Å². The number of halogens is 3. The monoisotopic (exact) mass is 755 g/mol. The SMILES string of the molecule is Cc1nc([N+](=O)[O-])c(C[N+](C)(C)C/C=C/C(=O)Nc2cc3c(Nc4ccc(OCc5cccc(Cl)c5)c(Cl)c4)ncnc3cn2)n1C.[Br-]. The number of nitro groups is 1. The maximum Gasteiger partial charge on any atom is 0.391 e. The third-order valence-electron chi connectivity index (χ3n) is 7.29. The molecule has 3 heterocycles. The second-order valence-corrected chi connectivity index (χ2v) is 12.3. The number of benzene rings is 2. The molecule has 16 heteroatoms. The van der Waals surface area contributed by atoms with Crippen LogP contribution >= 0.6 is 23.2 Å². The molecule has 0 radical (unpaired) electrons. The lowest BCUT2D eigenvalue weighted by Crippen LogP contribution is -3.00. The summed E-state index contributed by atoms with van der Waals surface area (Å²) in [6, 6.07) is 14.4. The number of carbonyl (C=O) groups is 1. The maximum absolute atomic E-state index is 12.8. The van der Waals surface area contributed by atoms with E-state index in [1.807, 2.05) is 38.4 Å². The normalized spacial score (nSPS) is 11.4. The summed E-state index contributed by atoms with van der Waals surface area (Å²) in [5.41, 5.74) is 2.68. The first kappa shape index (κ1) is 36.2. The van der Waals surface area contributed by atoms with Gasteiger partial charge in [-0.15, -0.1) is 0 Å². The summed E-state index contributed by atoms with van der Waals surface area (Å²) in [7, 11) is 5.59. The molecule has 0 unspecified atom stereocenters. The fourth-order valence-electron chi connectivity index (χ4n) is 4.79. The first-order valence-corrected chi connectivity index (χ1v) is 15.1. The fraction of sp³-hybridized carbons (Fsp3) is 0.219. The van der Waals surface area contributed by atoms with Crippen molar-refractivity contribution in [3.8, 4) is 5.75 Å². The Morgan fingerprint density at radius 3 is 2.65 bits per heavy atom. The predicted octanol–water partition coefficient (Wildman–Crippen LogP) is 3.38. The molecule has 48 heavy (non-hydrogen) atoms. The van der Waals surface area contributed by atoms with Crippen molar-refractivity contribution >= 4 is 63.2 Å². The van der Waals surface area contributed by atoms with Crippen molar-refractivity contribution < 1.29 is 35.9 Å². The number of quaternary nitrogens is 1. The molecule has 0 spiro atoms. The highest BCUT2D eigenvalue weighted by Gasteiger charge is 2.29. The maximum atomic E-state index is 12.8. The van der Waals surface area contributed by atoms with Gasteiger partial charge in [-0.1, -0.05) is 35.3 Å². The van der Waals surface area contributed by atoms with Crippen molar-refractivity contribution in [1.29, 1.82) is 0 Å². The molecule has 0 atom stereocenters. The summed E-state index contributed by atoms with van der Waals surface area (Å²) in [4.78, 5) is 40.8. The lowest BCUT2D eigenvalue weighted by molar-refractivity contribution is -0.898. The minimum atomic E-state index is -0.473. The second-order valence-electron chi connectivity index (χ2n) is 11.4. The minimum absolute atomic E-state index is 0. The number of hydrogen-bond donors (Lipinski definition) is 2. The molecular formula is C32H32BrCl2N9O4. The van der Waals surface area contributed by atoms with E-state index < -0.39 is 4.92 Å². The molecule has 0 saturated carbocycles. The number of fused-ring (bicyclic) bond motifs is 1. The molecule has 250 valence electrons. The number of nitrogens with one attached hydrogen (secondary N) is 2. The van der Waals surface area contributed by atoms with Crippen molar-refractivity contribution in [1.82, 2.24) is 24.5 Å². The van der Waals surface area contributed by atoms with E-state index >= 15 is 0 Å². The Bertz CT molecular complexity index is 2000. The van der Waals surface area contributed by atoms with Gasteiger partial charge in [-0.05, 0) is 57.9 Å². The van der Waals surface area contributed by atoms with E-state index in [1.165, 1.54) is 12.4 Å². The van der Waals surface area contributed by atoms with Crippen LogP contribution in [0.1, 0.15) is 17.1 Å². The van der Waals surface area contributed by atoms with Crippen LogP contribution in [0.5, 0.6) is 5.75 Å². The number of aromatic nitrogens is 5. The fourth-order valence-corrected chi connectivity index (χ4v) is 5.24. The molecule has 5 rings (SSSR count). The van der Waals surface area contributed by atoms with E-state index in [2.05, 4.69) is 30.6 Å². The summed E-state index contributed by atoms with van der Waals surface area (Å²) in [5, 5.41) is 19.2. The molecule has 2 N–H and O–H groups in total. The number of carbonyl (C=O) groups excluding carboxylic acids is 1. The lowest BCUT2D eigenvalue weighted by Gasteiger charge is -2.28. The van der Waals surface area contributed by atoms with Crippen molar-refractivity contribution in [3.63, 3.8) is 0 Å². The van der Waals surface area contributed by atoms with Crippen LogP contribution in [-0.4, -0.2) is 60.5 Å². The third-order valence-corrected chi connectivity index (χ3v) is 7.82. The summed E-state index contributed by atoms with van der Waals surface area (Å²) in [5.74, 6) is 1.34. The van der Waals surface area contributed by atoms with E-state index in [9.17, 15) is 14.9 Å². The van der Waals surface area contributed by atoms with Gasteiger partial charge < -0.3 is 51.5 Å². The number of anilines is 3. The molecule has 2 aromatic carbocycles. The van der Waals surface area contributed by atoms with Gasteiger partial charge in [0.2, 0.25) is 11.7 Å². The van der Waals surface area contributed by atoms with Crippen molar-refractivity contribution in [2.75, 3.05) is 31.3 Å². The molecule has 0 fully saturated rings. The number of hydrogen-bond acceptors (Lipinski definition) is 9. The van der Waals surface area contributed by atoms with E-state index in [0.29, 0.717) is 79.7 Å². The molecule has 3 aromatic heterocycles. The van der Waals surface area contributed by atoms with Crippen LogP contribution in [-0.2, 0) is 25.0 Å². The Balaban J connectivity index is 0.00000520. The van der Waals surface area contributed by atoms with Crippen LogP contribution in [0.15, 0.2) is 73.2 Å². The summed E-state index contributed by atoms with van der Waals surface area (Å²) in [6.45, 7) is 2.83. The Morgan fingerprint density at radius 1 is 1.12 bits per heavy atom. The first-order valence-electron chi connectivity index (χ1n) is 14.4. The van der Waals surface area contributed by atoms with E-state index in [4.69, 9.17) is 27.9 Å². The third kappa shape index (κ3) is 9.04. The van der Waals surface area contributed by atoms with Gasteiger partial charge in [-0.25, -0.2) is 15.0 Å². The molecule has 0 saturated heterocycles. The number of aryl methyl sites for hydroxylation is 1. The number of imidazole rings is 1. The van der Waals surface area contributed by atoms with E-state index in [-0.39, 0.29) is 28.7 Å². The summed E-state index contributed by atoms with van der Waals surface area (Å²) >= 11 is 12.6. The van der Waals surface area contributed by atoms with Crippen LogP contribution in [0.4, 0.5) is 23.1 Å². The Hall–Kier alpha value is -4.63. The highest BCUT2D eigenvalue weighted by Crippen LogP contribution is 2.31. The number of nitrogens with zero attached hydrogens (tertiary/aromatic N) is 7. The number of amides is 1. The standard InChI is InChI=1S/C32H31Cl2N9O4.BrH/c1-20-38-32(42(45)46)27(41(20)2)17-43(3,4)12-6-9-30(44)40-29-15-24-26(16-35-29)36-19-37-31(24)39-23-10-11-28(25(34)14-23)47-18-21-7-5-8-22(33)13-21;/h5-11,13-16,19H,12,17-18H2,1-4H3,(H-,35,36,37,39,40,44);1H/b9-6+;. The zero-order valence-corrected chi connectivity index (χ0v) is 29.5. The van der Waals surface area contributed by atoms with Gasteiger partial charge >= 0.3 is 5.82 Å². The van der Waals surface area contributed by atoms with Gasteiger partial charge in [0, 0.05) is 36.1 Å². The van der Waals surface area contributed by atoms with Gasteiger partial charge in [0.1, 0.15) is 36.9 Å². The lowest BCUT2D eigenvalue weighted by atomic mass is 10.2. The minimum Gasteiger partial charge on any atom is -1.00 e. The van der Waals surface area contributed by atoms with Gasteiger partial charge in [-0.2, -0.15) is 0 Å². The van der Waals surface area contributed by atoms with Crippen LogP contribution < -0.4 is 32.4 Å². The zero-order valence-electron chi connectivity index (χ0n) is 26.4. The molecule has 0 aliphatic carbocycles. The molecule has 0 aliphatic rings.